The van der Waals surface area contributed by atoms with Crippen LogP contribution >= 0.6 is 11.3 Å². The van der Waals surface area contributed by atoms with Crippen molar-refractivity contribution in [2.45, 2.75) is 19.4 Å². The monoisotopic (exact) mass is 343 g/mol. The van der Waals surface area contributed by atoms with E-state index in [9.17, 15) is 9.59 Å². The number of amides is 1. The van der Waals surface area contributed by atoms with Gasteiger partial charge in [-0.2, -0.15) is 4.68 Å². The van der Waals surface area contributed by atoms with Crippen LogP contribution in [0.25, 0.3) is 10.8 Å². The zero-order valence-electron chi connectivity index (χ0n) is 13.1. The first kappa shape index (κ1) is 16.2. The molecule has 1 unspecified atom stereocenters. The Balaban J connectivity index is 1.58. The van der Waals surface area contributed by atoms with Crippen LogP contribution in [-0.4, -0.2) is 22.2 Å². The largest absolute Gasteiger partial charge is 0.437 e. The molecule has 0 radical (unpaired) electrons. The second-order valence-electron chi connectivity index (χ2n) is 5.42. The molecule has 0 saturated carbocycles. The lowest BCUT2D eigenvalue weighted by Gasteiger charge is -2.12. The maximum Gasteiger partial charge on any atom is 0.437 e. The molecular formula is C17H17N3O3S. The number of aromatic nitrogens is 2. The van der Waals surface area contributed by atoms with Crippen LogP contribution in [0.3, 0.4) is 0 Å². The van der Waals surface area contributed by atoms with Crippen LogP contribution in [0.4, 0.5) is 0 Å². The maximum atomic E-state index is 12.0. The summed E-state index contributed by atoms with van der Waals surface area (Å²) in [7, 11) is 0. The van der Waals surface area contributed by atoms with E-state index in [1.165, 1.54) is 11.3 Å². The number of hydrogen-bond acceptors (Lipinski definition) is 5. The van der Waals surface area contributed by atoms with Gasteiger partial charge in [0.25, 0.3) is 5.89 Å². The molecule has 7 heteroatoms. The van der Waals surface area contributed by atoms with Gasteiger partial charge in [0.05, 0.1) is 4.88 Å². The van der Waals surface area contributed by atoms with Crippen molar-refractivity contribution < 1.29 is 9.21 Å². The van der Waals surface area contributed by atoms with E-state index >= 15 is 0 Å². The fourth-order valence-corrected chi connectivity index (χ4v) is 2.91. The van der Waals surface area contributed by atoms with Crippen molar-refractivity contribution in [1.82, 2.24) is 15.1 Å². The molecule has 0 aliphatic heterocycles. The molecule has 2 heterocycles. The van der Waals surface area contributed by atoms with Crippen LogP contribution in [-0.2, 0) is 11.3 Å². The van der Waals surface area contributed by atoms with Crippen LogP contribution in [0.5, 0.6) is 0 Å². The highest BCUT2D eigenvalue weighted by Gasteiger charge is 2.14. The quantitative estimate of drug-likeness (QED) is 0.746. The lowest BCUT2D eigenvalue weighted by atomic mass is 10.0. The van der Waals surface area contributed by atoms with Gasteiger partial charge in [0, 0.05) is 6.54 Å². The predicted octanol–water partition coefficient (Wildman–Crippen LogP) is 2.48. The van der Waals surface area contributed by atoms with Crippen molar-refractivity contribution in [1.29, 1.82) is 0 Å². The zero-order valence-corrected chi connectivity index (χ0v) is 14.0. The Morgan fingerprint density at radius 2 is 2.08 bits per heavy atom. The number of thiophene rings is 1. The highest BCUT2D eigenvalue weighted by Crippen LogP contribution is 2.21. The van der Waals surface area contributed by atoms with Crippen molar-refractivity contribution >= 4 is 17.2 Å². The Kier molecular flexibility index (Phi) is 4.90. The molecule has 1 atom stereocenters. The second-order valence-corrected chi connectivity index (χ2v) is 6.37. The molecule has 6 nitrogen and oxygen atoms in total. The summed E-state index contributed by atoms with van der Waals surface area (Å²) in [5.41, 5.74) is 1.15. The molecule has 1 N–H and O–H groups in total. The lowest BCUT2D eigenvalue weighted by Crippen LogP contribution is -2.33. The molecule has 2 aromatic heterocycles. The summed E-state index contributed by atoms with van der Waals surface area (Å²) in [6.45, 7) is 2.37. The maximum absolute atomic E-state index is 12.0. The summed E-state index contributed by atoms with van der Waals surface area (Å²) in [6.07, 6.45) is 0. The molecule has 0 bridgehead atoms. The third-order valence-corrected chi connectivity index (χ3v) is 4.46. The van der Waals surface area contributed by atoms with Gasteiger partial charge in [0.1, 0.15) is 6.54 Å². The number of carbonyl (C=O) groups excluding carboxylic acids is 1. The van der Waals surface area contributed by atoms with Gasteiger partial charge in [-0.1, -0.05) is 43.3 Å². The van der Waals surface area contributed by atoms with E-state index in [0.717, 1.165) is 15.1 Å². The minimum absolute atomic E-state index is 0.158. The highest BCUT2D eigenvalue weighted by molar-refractivity contribution is 7.13. The van der Waals surface area contributed by atoms with Crippen molar-refractivity contribution in [3.63, 3.8) is 0 Å². The second kappa shape index (κ2) is 7.27. The van der Waals surface area contributed by atoms with E-state index in [4.69, 9.17) is 4.42 Å². The van der Waals surface area contributed by atoms with Crippen LogP contribution in [0, 0.1) is 0 Å². The third kappa shape index (κ3) is 3.80. The van der Waals surface area contributed by atoms with Gasteiger partial charge in [-0.15, -0.1) is 16.4 Å². The molecule has 124 valence electrons. The summed E-state index contributed by atoms with van der Waals surface area (Å²) in [4.78, 5) is 24.6. The number of rotatable bonds is 6. The molecule has 1 aromatic carbocycles. The minimum Gasteiger partial charge on any atom is -0.387 e. The van der Waals surface area contributed by atoms with Crippen LogP contribution in [0.15, 0.2) is 57.1 Å². The van der Waals surface area contributed by atoms with E-state index in [0.29, 0.717) is 6.54 Å². The molecule has 24 heavy (non-hydrogen) atoms. The zero-order chi connectivity index (χ0) is 16.9. The fourth-order valence-electron chi connectivity index (χ4n) is 2.26. The Bertz CT molecular complexity index is 853. The Hall–Kier alpha value is -2.67. The van der Waals surface area contributed by atoms with Crippen LogP contribution < -0.4 is 11.1 Å². The van der Waals surface area contributed by atoms with Gasteiger partial charge >= 0.3 is 5.76 Å². The van der Waals surface area contributed by atoms with E-state index < -0.39 is 5.76 Å². The van der Waals surface area contributed by atoms with Gasteiger partial charge in [-0.05, 0) is 22.9 Å². The number of hydrogen-bond donors (Lipinski definition) is 1. The highest BCUT2D eigenvalue weighted by atomic mass is 32.1. The number of benzene rings is 1. The average Bonchev–Trinajstić information content (AvgIpc) is 3.24. The predicted molar refractivity (Wildman–Crippen MR) is 91.9 cm³/mol. The summed E-state index contributed by atoms with van der Waals surface area (Å²) >= 11 is 1.42. The number of nitrogens with zero attached hydrogens (tertiary/aromatic N) is 2. The van der Waals surface area contributed by atoms with Crippen molar-refractivity contribution in [3.8, 4) is 10.8 Å². The normalized spacial score (nSPS) is 12.0. The molecule has 0 aliphatic carbocycles. The van der Waals surface area contributed by atoms with E-state index in [-0.39, 0.29) is 24.3 Å². The van der Waals surface area contributed by atoms with Gasteiger partial charge in [0.15, 0.2) is 0 Å². The summed E-state index contributed by atoms with van der Waals surface area (Å²) in [5, 5.41) is 8.75. The summed E-state index contributed by atoms with van der Waals surface area (Å²) in [5.74, 6) is -0.484. The van der Waals surface area contributed by atoms with Gasteiger partial charge in [-0.3, -0.25) is 4.79 Å². The van der Waals surface area contributed by atoms with Gasteiger partial charge < -0.3 is 9.73 Å². The van der Waals surface area contributed by atoms with Gasteiger partial charge in [-0.25, -0.2) is 4.79 Å². The molecule has 3 rings (SSSR count). The Morgan fingerprint density at radius 3 is 2.79 bits per heavy atom. The number of nitrogens with one attached hydrogen (secondary N) is 1. The smallest absolute Gasteiger partial charge is 0.387 e. The minimum atomic E-state index is -0.635. The Morgan fingerprint density at radius 1 is 1.29 bits per heavy atom. The van der Waals surface area contributed by atoms with Crippen molar-refractivity contribution in [2.75, 3.05) is 6.54 Å². The van der Waals surface area contributed by atoms with Crippen LogP contribution in [0.1, 0.15) is 18.4 Å². The third-order valence-electron chi connectivity index (χ3n) is 3.61. The van der Waals surface area contributed by atoms with E-state index in [1.807, 2.05) is 54.8 Å². The first-order chi connectivity index (χ1) is 11.6. The summed E-state index contributed by atoms with van der Waals surface area (Å²) < 4.78 is 6.12. The lowest BCUT2D eigenvalue weighted by molar-refractivity contribution is -0.122. The fraction of sp³-hybridized carbons (Fsp3) is 0.235. The molecule has 1 amide bonds. The first-order valence-corrected chi connectivity index (χ1v) is 8.45. The summed E-state index contributed by atoms with van der Waals surface area (Å²) in [6, 6.07) is 13.6. The van der Waals surface area contributed by atoms with E-state index in [1.54, 1.807) is 0 Å². The standard InChI is InChI=1S/C17H17N3O3S/c1-12(13-6-3-2-4-7-13)10-18-15(21)11-20-17(22)23-16(19-20)14-8-5-9-24-14/h2-9,12H,10-11H2,1H3,(H,18,21). The molecule has 0 saturated heterocycles. The molecule has 3 aromatic rings. The Labute approximate surface area is 142 Å². The SMILES string of the molecule is CC(CNC(=O)Cn1nc(-c2cccs2)oc1=O)c1ccccc1. The topological polar surface area (TPSA) is 77.1 Å². The van der Waals surface area contributed by atoms with Gasteiger partial charge in [0.2, 0.25) is 5.91 Å². The number of carbonyl (C=O) groups is 1. The van der Waals surface area contributed by atoms with E-state index in [2.05, 4.69) is 10.4 Å². The molecule has 0 fully saturated rings. The van der Waals surface area contributed by atoms with Crippen molar-refractivity contribution in [2.24, 2.45) is 0 Å². The average molecular weight is 343 g/mol. The molecule has 0 aliphatic rings. The first-order valence-electron chi connectivity index (χ1n) is 7.57. The molecular weight excluding hydrogens is 326 g/mol. The van der Waals surface area contributed by atoms with Crippen LogP contribution in [0.2, 0.25) is 0 Å². The van der Waals surface area contributed by atoms with Crippen molar-refractivity contribution in [3.05, 3.63) is 64.0 Å². The molecule has 0 spiro atoms.